The molecule has 6 N–H and O–H groups in total. The number of Topliss-reactive ketones (excluding diaryl/α,β-unsaturated/α-hetero) is 1. The lowest BCUT2D eigenvalue weighted by molar-refractivity contribution is -0.143. The SMILES string of the molecule is CCCCC(C)n1cc(CNC(=O)c2ccc(C)c(S(=O)(=O)OCC(C)(O)C(=O)[C@H](CC(C)C)NC(=O)[C@H](Cc3ccccc3)NC(=O)[C@H](CC(C)C)NC(=O)[C@H](CCc3ccccc3)NC(=O)CN3CCOCC3)c2)nn1. The lowest BCUT2D eigenvalue weighted by Gasteiger charge is -2.30. The normalized spacial score (nSPS) is 15.8. The van der Waals surface area contributed by atoms with E-state index in [1.54, 1.807) is 55.1 Å². The number of carbonyl (C=O) groups is 6. The number of benzene rings is 3. The topological polar surface area (TPSA) is 269 Å². The van der Waals surface area contributed by atoms with E-state index < -0.39 is 75.9 Å². The second-order valence-corrected chi connectivity index (χ2v) is 22.9. The predicted molar refractivity (Wildman–Crippen MR) is 294 cm³/mol. The highest BCUT2D eigenvalue weighted by atomic mass is 32.2. The summed E-state index contributed by atoms with van der Waals surface area (Å²) in [4.78, 5) is 85.8. The molecule has 1 aliphatic heterocycles. The predicted octanol–water partition coefficient (Wildman–Crippen LogP) is 4.53. The van der Waals surface area contributed by atoms with Gasteiger partial charge in [-0.25, -0.2) is 4.68 Å². The first-order valence-corrected chi connectivity index (χ1v) is 28.5. The third kappa shape index (κ3) is 19.8. The standard InChI is InChI=1S/C57H81N9O11S/c1-9-10-17-41(7)66-35-45(63-64-66)34-58-53(69)44-24-22-40(6)50(33-44)78(74,75)77-37-57(8,73)52(68)47(30-38(2)3)60-56(72)49(32-43-20-15-12-16-21-43)62-55(71)48(31-39(4)5)61-54(70)46(25-23-42-18-13-11-14-19-42)59-51(67)36-65-26-28-76-29-27-65/h11-16,18-22,24,33,35,38-39,41,46-49,73H,9-10,17,23,25-32,34,36-37H2,1-8H3,(H,58,69)(H,59,67)(H,60,72)(H,61,70)(H,62,71)/t41?,46-,47-,48-,49-,57?/m0/s1. The fraction of sp³-hybridized carbons (Fsp3) is 0.544. The quantitative estimate of drug-likeness (QED) is 0.0378. The van der Waals surface area contributed by atoms with E-state index in [9.17, 15) is 42.3 Å². The monoisotopic (exact) mass is 1100 g/mol. The number of aromatic nitrogens is 3. The number of morpholine rings is 1. The van der Waals surface area contributed by atoms with Crippen molar-refractivity contribution in [2.24, 2.45) is 11.8 Å². The first-order chi connectivity index (χ1) is 37.0. The van der Waals surface area contributed by atoms with Crippen molar-refractivity contribution in [3.63, 3.8) is 0 Å². The second kappa shape index (κ2) is 30.1. The van der Waals surface area contributed by atoms with Gasteiger partial charge in [0.05, 0.1) is 49.5 Å². The lowest BCUT2D eigenvalue weighted by atomic mass is 9.90. The van der Waals surface area contributed by atoms with Gasteiger partial charge in [-0.05, 0) is 93.5 Å². The zero-order valence-corrected chi connectivity index (χ0v) is 47.3. The molecule has 6 atom stereocenters. The van der Waals surface area contributed by atoms with Gasteiger partial charge >= 0.3 is 0 Å². The fourth-order valence-corrected chi connectivity index (χ4v) is 10.2. The molecule has 21 heteroatoms. The van der Waals surface area contributed by atoms with E-state index in [-0.39, 0.29) is 78.6 Å². The van der Waals surface area contributed by atoms with E-state index in [0.29, 0.717) is 44.0 Å². The van der Waals surface area contributed by atoms with Crippen LogP contribution >= 0.6 is 0 Å². The van der Waals surface area contributed by atoms with Crippen LogP contribution in [0.1, 0.15) is 126 Å². The van der Waals surface area contributed by atoms with Gasteiger partial charge in [-0.1, -0.05) is 119 Å². The Morgan fingerprint density at radius 1 is 0.769 bits per heavy atom. The molecule has 5 amide bonds. The third-order valence-electron chi connectivity index (χ3n) is 13.4. The lowest BCUT2D eigenvalue weighted by Crippen LogP contribution is -2.60. The molecule has 1 aromatic heterocycles. The third-order valence-corrected chi connectivity index (χ3v) is 14.9. The number of nitrogens with one attached hydrogen (secondary N) is 5. The number of ether oxygens (including phenoxy) is 1. The van der Waals surface area contributed by atoms with Crippen molar-refractivity contribution < 1.29 is 51.2 Å². The Labute approximate surface area is 459 Å². The van der Waals surface area contributed by atoms with Crippen LogP contribution in [-0.4, -0.2) is 138 Å². The largest absolute Gasteiger partial charge is 0.380 e. The van der Waals surface area contributed by atoms with Crippen molar-refractivity contribution in [3.8, 4) is 0 Å². The molecule has 1 aliphatic rings. The number of ketones is 1. The van der Waals surface area contributed by atoms with E-state index in [0.717, 1.165) is 37.8 Å². The average molecular weight is 1100 g/mol. The molecule has 20 nitrogen and oxygen atoms in total. The van der Waals surface area contributed by atoms with Crippen LogP contribution in [0.2, 0.25) is 0 Å². The van der Waals surface area contributed by atoms with Gasteiger partial charge in [-0.2, -0.15) is 8.42 Å². The first kappa shape index (κ1) is 62.5. The van der Waals surface area contributed by atoms with E-state index in [1.165, 1.54) is 19.1 Å². The molecular weight excluding hydrogens is 1020 g/mol. The van der Waals surface area contributed by atoms with Crippen molar-refractivity contribution in [2.75, 3.05) is 39.5 Å². The molecule has 1 fully saturated rings. The Balaban J connectivity index is 1.29. The maximum absolute atomic E-state index is 14.5. The second-order valence-electron chi connectivity index (χ2n) is 21.4. The molecule has 5 rings (SSSR count). The highest BCUT2D eigenvalue weighted by molar-refractivity contribution is 7.86. The van der Waals surface area contributed by atoms with E-state index in [2.05, 4.69) is 43.8 Å². The van der Waals surface area contributed by atoms with Crippen LogP contribution in [0.15, 0.2) is 90.0 Å². The van der Waals surface area contributed by atoms with Crippen LogP contribution < -0.4 is 26.6 Å². The highest BCUT2D eigenvalue weighted by Crippen LogP contribution is 2.23. The molecule has 426 valence electrons. The zero-order valence-electron chi connectivity index (χ0n) is 46.5. The highest BCUT2D eigenvalue weighted by Gasteiger charge is 2.40. The summed E-state index contributed by atoms with van der Waals surface area (Å²) < 4.78 is 40.1. The number of aliphatic hydroxyl groups is 1. The Hall–Kier alpha value is -6.39. The molecule has 4 aromatic rings. The number of hydrogen-bond acceptors (Lipinski definition) is 14. The summed E-state index contributed by atoms with van der Waals surface area (Å²) in [5, 5.41) is 34.1. The van der Waals surface area contributed by atoms with Gasteiger partial charge in [0.1, 0.15) is 36.0 Å². The van der Waals surface area contributed by atoms with Gasteiger partial charge in [0.2, 0.25) is 23.6 Å². The van der Waals surface area contributed by atoms with Crippen molar-refractivity contribution in [3.05, 3.63) is 113 Å². The maximum Gasteiger partial charge on any atom is 0.297 e. The van der Waals surface area contributed by atoms with E-state index in [4.69, 9.17) is 8.92 Å². The summed E-state index contributed by atoms with van der Waals surface area (Å²) in [5.74, 6) is -4.25. The molecule has 0 spiro atoms. The smallest absolute Gasteiger partial charge is 0.297 e. The van der Waals surface area contributed by atoms with Crippen molar-refractivity contribution in [2.45, 2.75) is 154 Å². The number of amides is 5. The Morgan fingerprint density at radius 2 is 1.36 bits per heavy atom. The van der Waals surface area contributed by atoms with Crippen LogP contribution in [0.3, 0.4) is 0 Å². The minimum atomic E-state index is -4.70. The van der Waals surface area contributed by atoms with Crippen LogP contribution in [-0.2, 0) is 62.4 Å². The van der Waals surface area contributed by atoms with Crippen LogP contribution in [0.5, 0.6) is 0 Å². The van der Waals surface area contributed by atoms with Gasteiger partial charge in [-0.15, -0.1) is 5.10 Å². The van der Waals surface area contributed by atoms with Crippen molar-refractivity contribution in [1.29, 1.82) is 0 Å². The van der Waals surface area contributed by atoms with Crippen molar-refractivity contribution in [1.82, 2.24) is 46.5 Å². The summed E-state index contributed by atoms with van der Waals surface area (Å²) in [5.41, 5.74) is -0.0911. The summed E-state index contributed by atoms with van der Waals surface area (Å²) in [6.45, 7) is 15.3. The Morgan fingerprint density at radius 3 is 2.00 bits per heavy atom. The number of carbonyl (C=O) groups excluding carboxylic acids is 6. The molecule has 1 saturated heterocycles. The molecule has 0 radical (unpaired) electrons. The van der Waals surface area contributed by atoms with Gasteiger partial charge in [0.15, 0.2) is 5.78 Å². The van der Waals surface area contributed by atoms with Gasteiger partial charge < -0.3 is 36.4 Å². The Kier molecular flexibility index (Phi) is 24.1. The van der Waals surface area contributed by atoms with E-state index >= 15 is 0 Å². The number of rotatable bonds is 31. The summed E-state index contributed by atoms with van der Waals surface area (Å²) >= 11 is 0. The molecule has 2 unspecified atom stereocenters. The number of hydrogen-bond donors (Lipinski definition) is 6. The molecular formula is C57H81N9O11S. The number of aryl methyl sites for hydroxylation is 2. The maximum atomic E-state index is 14.5. The first-order valence-electron chi connectivity index (χ1n) is 27.1. The molecule has 0 saturated carbocycles. The molecule has 2 heterocycles. The van der Waals surface area contributed by atoms with Crippen LogP contribution in [0.4, 0.5) is 0 Å². The molecule has 0 aliphatic carbocycles. The van der Waals surface area contributed by atoms with E-state index in [1.807, 2.05) is 56.0 Å². The van der Waals surface area contributed by atoms with Crippen molar-refractivity contribution >= 4 is 45.4 Å². The Bertz CT molecular complexity index is 2710. The molecule has 0 bridgehead atoms. The molecule has 3 aromatic carbocycles. The summed E-state index contributed by atoms with van der Waals surface area (Å²) in [7, 11) is -4.70. The summed E-state index contributed by atoms with van der Waals surface area (Å²) in [6.07, 6.45) is 5.60. The molecule has 78 heavy (non-hydrogen) atoms. The fourth-order valence-electron chi connectivity index (χ4n) is 8.94. The van der Waals surface area contributed by atoms with Crippen LogP contribution in [0.25, 0.3) is 0 Å². The zero-order chi connectivity index (χ0) is 57.0. The number of nitrogens with zero attached hydrogens (tertiary/aromatic N) is 4. The van der Waals surface area contributed by atoms with Gasteiger partial charge in [0, 0.05) is 25.1 Å². The van der Waals surface area contributed by atoms with Crippen LogP contribution in [0, 0.1) is 18.8 Å². The van der Waals surface area contributed by atoms with Gasteiger partial charge in [0.25, 0.3) is 16.0 Å². The average Bonchev–Trinajstić information content (AvgIpc) is 3.90. The van der Waals surface area contributed by atoms with Gasteiger partial charge in [-0.3, -0.25) is 37.9 Å². The summed E-state index contributed by atoms with van der Waals surface area (Å²) in [6, 6.07) is 17.7. The minimum absolute atomic E-state index is 0.00993. The number of unbranched alkanes of at least 4 members (excludes halogenated alkanes) is 1. The minimum Gasteiger partial charge on any atom is -0.380 e.